The van der Waals surface area contributed by atoms with Crippen LogP contribution in [0.4, 0.5) is 35.5 Å². The van der Waals surface area contributed by atoms with Crippen LogP contribution in [-0.4, -0.2) is 125 Å². The number of allylic oxidation sites excluding steroid dienone is 2. The van der Waals surface area contributed by atoms with Crippen molar-refractivity contribution in [1.82, 2.24) is 19.6 Å². The van der Waals surface area contributed by atoms with E-state index in [-0.39, 0.29) is 41.7 Å². The topological polar surface area (TPSA) is 101 Å². The van der Waals surface area contributed by atoms with Crippen molar-refractivity contribution in [3.05, 3.63) is 83.3 Å². The Labute approximate surface area is 393 Å². The second-order valence-electron chi connectivity index (χ2n) is 20.1. The maximum Gasteiger partial charge on any atom is 0.534 e. The first kappa shape index (κ1) is 57.5. The van der Waals surface area contributed by atoms with E-state index in [0.717, 1.165) is 6.42 Å². The van der Waals surface area contributed by atoms with Crippen molar-refractivity contribution < 1.29 is 62.2 Å². The molecule has 0 radical (unpaired) electrons. The van der Waals surface area contributed by atoms with Crippen LogP contribution in [0, 0.1) is 11.8 Å². The molecule has 67 heavy (non-hydrogen) atoms. The van der Waals surface area contributed by atoms with Gasteiger partial charge in [-0.2, -0.15) is 21.6 Å². The standard InChI is InChI=1S/C22H32F2N2O2.C17H26BF2NO2.C8H12F3NO3S/c1-16-10-11-19(26(15-16)20(27)28-21(2,3)4)17-8-7-9-18(14-17)22(23,24)12-13-25(5)6;1-15(2)16(3,4)23-18(22-15)14-9-7-8-13(12-14)17(19,20)10-11-21(5)6;1-6-3-4-7(12(2)5-6)15-16(13,14)8(9,10)11/h7-9,11,14,16H,10,12-13,15H2,1-6H3;7-9,12H,10-11H2,1-6H3;4,6H,3,5H2,1-2H3/t16-;;6-/m0.0/s1. The largest absolute Gasteiger partial charge is 0.534 e. The average molecular weight is 979 g/mol. The van der Waals surface area contributed by atoms with Crippen LogP contribution < -0.4 is 5.46 Å². The molecule has 0 bridgehead atoms. The Morgan fingerprint density at radius 3 is 1.73 bits per heavy atom. The highest BCUT2D eigenvalue weighted by Crippen LogP contribution is 2.39. The molecule has 2 atom stereocenters. The number of hydrogen-bond acceptors (Lipinski definition) is 10. The quantitative estimate of drug-likeness (QED) is 0.0885. The van der Waals surface area contributed by atoms with Crippen molar-refractivity contribution in [3.63, 3.8) is 0 Å². The molecule has 11 nitrogen and oxygen atoms in total. The van der Waals surface area contributed by atoms with Gasteiger partial charge >= 0.3 is 28.8 Å². The summed E-state index contributed by atoms with van der Waals surface area (Å²) in [5, 5.41) is 0. The van der Waals surface area contributed by atoms with E-state index in [1.165, 1.54) is 42.3 Å². The van der Waals surface area contributed by atoms with Crippen molar-refractivity contribution in [2.24, 2.45) is 11.8 Å². The van der Waals surface area contributed by atoms with E-state index in [1.54, 1.807) is 67.2 Å². The first-order chi connectivity index (χ1) is 30.5. The second kappa shape index (κ2) is 22.3. The first-order valence-electron chi connectivity index (χ1n) is 22.2. The Hall–Kier alpha value is -3.85. The maximum absolute atomic E-state index is 14.7. The number of carbonyl (C=O) groups is 1. The van der Waals surface area contributed by atoms with Crippen molar-refractivity contribution in [1.29, 1.82) is 0 Å². The van der Waals surface area contributed by atoms with Crippen molar-refractivity contribution >= 4 is 34.5 Å². The highest BCUT2D eigenvalue weighted by atomic mass is 32.2. The zero-order valence-electron chi connectivity index (χ0n) is 41.4. The minimum Gasteiger partial charge on any atom is -0.443 e. The molecule has 2 aromatic carbocycles. The van der Waals surface area contributed by atoms with Crippen LogP contribution in [0.2, 0.25) is 0 Å². The molecular formula is C47H70BF7N4O7S. The molecule has 3 aliphatic heterocycles. The van der Waals surface area contributed by atoms with Crippen LogP contribution in [0.15, 0.2) is 66.6 Å². The molecule has 1 amide bonds. The van der Waals surface area contributed by atoms with Crippen molar-refractivity contribution in [3.8, 4) is 0 Å². The lowest BCUT2D eigenvalue weighted by molar-refractivity contribution is -0.0538. The van der Waals surface area contributed by atoms with Gasteiger partial charge < -0.3 is 32.9 Å². The molecule has 5 rings (SSSR count). The number of benzene rings is 2. The van der Waals surface area contributed by atoms with Crippen LogP contribution in [0.1, 0.15) is 105 Å². The molecule has 0 aliphatic carbocycles. The monoisotopic (exact) mass is 978 g/mol. The Kier molecular flexibility index (Phi) is 19.1. The Balaban J connectivity index is 0.000000276. The summed E-state index contributed by atoms with van der Waals surface area (Å²) in [6, 6.07) is 12.7. The van der Waals surface area contributed by atoms with Gasteiger partial charge in [-0.05, 0) is 125 Å². The molecule has 0 unspecified atom stereocenters. The summed E-state index contributed by atoms with van der Waals surface area (Å²) >= 11 is 0. The fourth-order valence-corrected chi connectivity index (χ4v) is 7.35. The molecule has 378 valence electrons. The number of amides is 1. The predicted molar refractivity (Wildman–Crippen MR) is 248 cm³/mol. The van der Waals surface area contributed by atoms with Crippen molar-refractivity contribution in [2.45, 2.75) is 122 Å². The highest BCUT2D eigenvalue weighted by molar-refractivity contribution is 7.87. The van der Waals surface area contributed by atoms with Crippen LogP contribution >= 0.6 is 0 Å². The summed E-state index contributed by atoms with van der Waals surface area (Å²) in [6.07, 6.45) is 3.65. The molecule has 0 spiro atoms. The molecule has 1 saturated heterocycles. The van der Waals surface area contributed by atoms with E-state index in [1.807, 2.05) is 61.5 Å². The predicted octanol–water partition coefficient (Wildman–Crippen LogP) is 10.0. The normalized spacial score (nSPS) is 20.1. The number of carbonyl (C=O) groups excluding carboxylic acids is 1. The lowest BCUT2D eigenvalue weighted by atomic mass is 9.78. The third-order valence-corrected chi connectivity index (χ3v) is 12.4. The SMILES string of the molecule is CN(C)CCC(F)(F)c1cccc(B2OC(C)(C)C(C)(C)O2)c1.C[C@H]1CC=C(OS(=O)(=O)C(F)(F)F)N(C)C1.C[C@H]1CC=C(c2cccc(C(F)(F)CCN(C)C)c2)N(C(=O)OC(C)(C)C)C1. The highest BCUT2D eigenvalue weighted by Gasteiger charge is 2.52. The van der Waals surface area contributed by atoms with Gasteiger partial charge in [0.15, 0.2) is 0 Å². The van der Waals surface area contributed by atoms with Gasteiger partial charge in [0.05, 0.1) is 16.9 Å². The summed E-state index contributed by atoms with van der Waals surface area (Å²) in [5.74, 6) is -5.54. The third-order valence-electron chi connectivity index (χ3n) is 11.4. The summed E-state index contributed by atoms with van der Waals surface area (Å²) in [6.45, 7) is 18.8. The molecule has 20 heteroatoms. The average Bonchev–Trinajstić information content (AvgIpc) is 3.42. The lowest BCUT2D eigenvalue weighted by Crippen LogP contribution is -2.41. The smallest absolute Gasteiger partial charge is 0.443 e. The van der Waals surface area contributed by atoms with Gasteiger partial charge in [0.1, 0.15) is 5.60 Å². The zero-order valence-corrected chi connectivity index (χ0v) is 42.2. The Morgan fingerprint density at radius 2 is 1.25 bits per heavy atom. The molecule has 0 aromatic heterocycles. The molecule has 0 N–H and O–H groups in total. The molecule has 2 aromatic rings. The van der Waals surface area contributed by atoms with E-state index < -0.39 is 57.5 Å². The number of ether oxygens (including phenoxy) is 1. The molecular weight excluding hydrogens is 908 g/mol. The van der Waals surface area contributed by atoms with E-state index in [4.69, 9.17) is 14.0 Å². The van der Waals surface area contributed by atoms with Gasteiger partial charge in [-0.25, -0.2) is 22.4 Å². The van der Waals surface area contributed by atoms with Gasteiger partial charge in [-0.3, -0.25) is 4.90 Å². The fraction of sp³-hybridized carbons (Fsp3) is 0.638. The number of alkyl halides is 7. The van der Waals surface area contributed by atoms with E-state index >= 15 is 0 Å². The van der Waals surface area contributed by atoms with Crippen LogP contribution in [0.3, 0.4) is 0 Å². The first-order valence-corrected chi connectivity index (χ1v) is 23.6. The number of rotatable bonds is 12. The molecule has 3 aliphatic rings. The van der Waals surface area contributed by atoms with E-state index in [2.05, 4.69) is 11.1 Å². The van der Waals surface area contributed by atoms with Gasteiger partial charge in [-0.1, -0.05) is 62.4 Å². The maximum atomic E-state index is 14.7. The van der Waals surface area contributed by atoms with Crippen LogP contribution in [-0.2, 0) is 40.2 Å². The number of nitrogens with zero attached hydrogens (tertiary/aromatic N) is 4. The Bertz CT molecular complexity index is 2130. The lowest BCUT2D eigenvalue weighted by Gasteiger charge is -2.34. The van der Waals surface area contributed by atoms with E-state index in [0.29, 0.717) is 49.3 Å². The summed E-state index contributed by atoms with van der Waals surface area (Å²) in [7, 11) is 2.43. The van der Waals surface area contributed by atoms with Crippen LogP contribution in [0.5, 0.6) is 0 Å². The van der Waals surface area contributed by atoms with Crippen LogP contribution in [0.25, 0.3) is 5.70 Å². The van der Waals surface area contributed by atoms with Gasteiger partial charge in [-0.15, -0.1) is 0 Å². The summed E-state index contributed by atoms with van der Waals surface area (Å²) < 4.78 is 137. The molecule has 1 fully saturated rings. The number of hydrogen-bond donors (Lipinski definition) is 0. The molecule has 3 heterocycles. The Morgan fingerprint density at radius 1 is 0.776 bits per heavy atom. The van der Waals surface area contributed by atoms with Gasteiger partial charge in [0.25, 0.3) is 11.8 Å². The second-order valence-corrected chi connectivity index (χ2v) is 21.6. The minimum atomic E-state index is -5.56. The summed E-state index contributed by atoms with van der Waals surface area (Å²) in [4.78, 5) is 19.1. The van der Waals surface area contributed by atoms with Gasteiger partial charge in [0.2, 0.25) is 5.88 Å². The number of halogens is 7. The molecule has 0 saturated carbocycles. The third kappa shape index (κ3) is 16.7. The van der Waals surface area contributed by atoms with E-state index in [9.17, 15) is 43.9 Å². The summed E-state index contributed by atoms with van der Waals surface area (Å²) in [5.41, 5.74) is -5.13. The minimum absolute atomic E-state index is 0.00608. The zero-order chi connectivity index (χ0) is 51.1. The van der Waals surface area contributed by atoms with Crippen molar-refractivity contribution in [2.75, 3.05) is 61.4 Å². The van der Waals surface area contributed by atoms with Gasteiger partial charge in [0, 0.05) is 57.2 Å². The fourth-order valence-electron chi connectivity index (χ4n) is 6.83.